The van der Waals surface area contributed by atoms with Crippen LogP contribution in [0.2, 0.25) is 0 Å². The fraction of sp³-hybridized carbons (Fsp3) is 0.381. The maximum Gasteiger partial charge on any atom is 0.420 e. The standard InChI is InChI=1S/C21H18F7N3O5/c22-19(23)20(24,25)11-36-17-4-2-13(10-14(17)21(26,27)28)29-18(32)12-1-3-15(16(9-12)31(33)34)30-5-7-35-8-6-30/h1-4,9-10,19H,5-8,11H2,(H,29,32). The highest BCUT2D eigenvalue weighted by atomic mass is 19.4. The van der Waals surface area contributed by atoms with Gasteiger partial charge < -0.3 is 19.7 Å². The van der Waals surface area contributed by atoms with Gasteiger partial charge in [-0.2, -0.15) is 22.0 Å². The summed E-state index contributed by atoms with van der Waals surface area (Å²) >= 11 is 0. The quantitative estimate of drug-likeness (QED) is 0.297. The van der Waals surface area contributed by atoms with E-state index in [1.165, 1.54) is 12.1 Å². The van der Waals surface area contributed by atoms with Gasteiger partial charge in [0.15, 0.2) is 6.61 Å². The number of amides is 1. The molecule has 196 valence electrons. The molecule has 36 heavy (non-hydrogen) atoms. The van der Waals surface area contributed by atoms with Gasteiger partial charge in [0.25, 0.3) is 11.6 Å². The molecule has 0 bridgehead atoms. The van der Waals surface area contributed by atoms with Crippen molar-refractivity contribution in [2.45, 2.75) is 18.5 Å². The van der Waals surface area contributed by atoms with Crippen LogP contribution in [0.3, 0.4) is 0 Å². The fourth-order valence-electron chi connectivity index (χ4n) is 3.28. The molecule has 2 aromatic rings. The van der Waals surface area contributed by atoms with Crippen LogP contribution in [-0.4, -0.2) is 56.1 Å². The monoisotopic (exact) mass is 525 g/mol. The van der Waals surface area contributed by atoms with E-state index in [2.05, 4.69) is 10.1 Å². The Kier molecular flexibility index (Phi) is 7.91. The van der Waals surface area contributed by atoms with E-state index in [-0.39, 0.29) is 11.3 Å². The number of hydrogen-bond acceptors (Lipinski definition) is 6. The van der Waals surface area contributed by atoms with E-state index in [4.69, 9.17) is 4.74 Å². The van der Waals surface area contributed by atoms with Crippen LogP contribution in [0.4, 0.5) is 47.8 Å². The van der Waals surface area contributed by atoms with Crippen LogP contribution in [0.15, 0.2) is 36.4 Å². The Morgan fingerprint density at radius 1 is 1.11 bits per heavy atom. The van der Waals surface area contributed by atoms with Gasteiger partial charge in [-0.25, -0.2) is 8.78 Å². The number of hydrogen-bond donors (Lipinski definition) is 1. The van der Waals surface area contributed by atoms with Crippen molar-refractivity contribution in [3.63, 3.8) is 0 Å². The molecule has 1 fully saturated rings. The molecular formula is C21H18F7N3O5. The zero-order valence-electron chi connectivity index (χ0n) is 18.2. The molecule has 1 N–H and O–H groups in total. The molecule has 0 aromatic heterocycles. The highest BCUT2D eigenvalue weighted by Crippen LogP contribution is 2.39. The minimum atomic E-state index is -5.14. The summed E-state index contributed by atoms with van der Waals surface area (Å²) in [5.41, 5.74) is -2.44. The molecule has 0 spiro atoms. The molecule has 8 nitrogen and oxygen atoms in total. The molecule has 1 amide bonds. The van der Waals surface area contributed by atoms with E-state index in [1.54, 1.807) is 4.90 Å². The number of nitrogens with one attached hydrogen (secondary N) is 1. The first-order valence-electron chi connectivity index (χ1n) is 10.2. The molecule has 1 saturated heterocycles. The summed E-state index contributed by atoms with van der Waals surface area (Å²) in [7, 11) is 0. The van der Waals surface area contributed by atoms with Crippen molar-refractivity contribution in [2.24, 2.45) is 0 Å². The third-order valence-electron chi connectivity index (χ3n) is 5.07. The number of carbonyl (C=O) groups excluding carboxylic acids is 1. The molecule has 0 unspecified atom stereocenters. The van der Waals surface area contributed by atoms with E-state index in [0.29, 0.717) is 38.4 Å². The van der Waals surface area contributed by atoms with Gasteiger partial charge in [-0.05, 0) is 30.3 Å². The molecule has 0 atom stereocenters. The van der Waals surface area contributed by atoms with Gasteiger partial charge in [-0.3, -0.25) is 14.9 Å². The van der Waals surface area contributed by atoms with Gasteiger partial charge in [0.05, 0.1) is 23.7 Å². The topological polar surface area (TPSA) is 93.9 Å². The number of anilines is 2. The molecule has 0 aliphatic carbocycles. The van der Waals surface area contributed by atoms with E-state index in [0.717, 1.165) is 12.1 Å². The highest BCUT2D eigenvalue weighted by molar-refractivity contribution is 6.05. The summed E-state index contributed by atoms with van der Waals surface area (Å²) < 4.78 is 100. The van der Waals surface area contributed by atoms with Crippen molar-refractivity contribution in [1.29, 1.82) is 0 Å². The third-order valence-corrected chi connectivity index (χ3v) is 5.07. The lowest BCUT2D eigenvalue weighted by Crippen LogP contribution is -2.36. The van der Waals surface area contributed by atoms with Crippen LogP contribution in [0.25, 0.3) is 0 Å². The Morgan fingerprint density at radius 3 is 2.36 bits per heavy atom. The number of halogens is 7. The summed E-state index contributed by atoms with van der Waals surface area (Å²) in [6.07, 6.45) is -9.29. The van der Waals surface area contributed by atoms with Gasteiger partial charge in [0.1, 0.15) is 11.4 Å². The predicted molar refractivity (Wildman–Crippen MR) is 112 cm³/mol. The van der Waals surface area contributed by atoms with Crippen LogP contribution in [-0.2, 0) is 10.9 Å². The zero-order valence-corrected chi connectivity index (χ0v) is 18.2. The number of ether oxygens (including phenoxy) is 2. The number of benzene rings is 2. The molecule has 1 aliphatic heterocycles. The maximum absolute atomic E-state index is 13.4. The second-order valence-electron chi connectivity index (χ2n) is 7.57. The number of alkyl halides is 7. The summed E-state index contributed by atoms with van der Waals surface area (Å²) in [5, 5.41) is 13.7. The van der Waals surface area contributed by atoms with Crippen molar-refractivity contribution >= 4 is 23.0 Å². The Morgan fingerprint density at radius 2 is 1.78 bits per heavy atom. The van der Waals surface area contributed by atoms with Gasteiger partial charge in [-0.1, -0.05) is 0 Å². The van der Waals surface area contributed by atoms with Crippen LogP contribution >= 0.6 is 0 Å². The van der Waals surface area contributed by atoms with Gasteiger partial charge in [0.2, 0.25) is 0 Å². The molecule has 3 rings (SSSR count). The lowest BCUT2D eigenvalue weighted by atomic mass is 10.1. The third kappa shape index (κ3) is 6.33. The molecule has 2 aromatic carbocycles. The Labute approximate surface area is 198 Å². The SMILES string of the molecule is O=C(Nc1ccc(OCC(F)(F)C(F)F)c(C(F)(F)F)c1)c1ccc(N2CCOCC2)c([N+](=O)[O-])c1. The first-order valence-corrected chi connectivity index (χ1v) is 10.2. The van der Waals surface area contributed by atoms with Crippen LogP contribution in [0.1, 0.15) is 15.9 Å². The number of nitrogens with zero attached hydrogens (tertiary/aromatic N) is 2. The number of nitro groups is 1. The lowest BCUT2D eigenvalue weighted by molar-refractivity contribution is -0.384. The Bertz CT molecular complexity index is 1120. The molecule has 15 heteroatoms. The summed E-state index contributed by atoms with van der Waals surface area (Å²) in [6.45, 7) is -0.548. The number of carbonyl (C=O) groups is 1. The lowest BCUT2D eigenvalue weighted by Gasteiger charge is -2.28. The van der Waals surface area contributed by atoms with Gasteiger partial charge in [-0.15, -0.1) is 0 Å². The first-order chi connectivity index (χ1) is 16.8. The van der Waals surface area contributed by atoms with Gasteiger partial charge >= 0.3 is 18.5 Å². The largest absolute Gasteiger partial charge is 0.486 e. The first kappa shape index (κ1) is 27.0. The number of morpholine rings is 1. The molecule has 1 aliphatic rings. The second kappa shape index (κ2) is 10.6. The second-order valence-corrected chi connectivity index (χ2v) is 7.57. The summed E-state index contributed by atoms with van der Waals surface area (Å²) in [6, 6.07) is 5.38. The van der Waals surface area contributed by atoms with Crippen LogP contribution in [0, 0.1) is 10.1 Å². The van der Waals surface area contributed by atoms with Crippen molar-refractivity contribution in [3.8, 4) is 5.75 Å². The number of rotatable bonds is 8. The fourth-order valence-corrected chi connectivity index (χ4v) is 3.28. The summed E-state index contributed by atoms with van der Waals surface area (Å²) in [4.78, 5) is 25.1. The van der Waals surface area contributed by atoms with Crippen molar-refractivity contribution in [2.75, 3.05) is 43.1 Å². The minimum Gasteiger partial charge on any atom is -0.486 e. The van der Waals surface area contributed by atoms with E-state index in [9.17, 15) is 45.6 Å². The van der Waals surface area contributed by atoms with Crippen molar-refractivity contribution in [3.05, 3.63) is 57.6 Å². The predicted octanol–water partition coefficient (Wildman–Crippen LogP) is 4.98. The average molecular weight is 525 g/mol. The molecule has 0 radical (unpaired) electrons. The van der Waals surface area contributed by atoms with Crippen LogP contribution in [0.5, 0.6) is 5.75 Å². The van der Waals surface area contributed by atoms with E-state index in [1.807, 2.05) is 0 Å². The molecular weight excluding hydrogens is 507 g/mol. The Balaban J connectivity index is 1.83. The highest BCUT2D eigenvalue weighted by Gasteiger charge is 2.43. The maximum atomic E-state index is 13.4. The molecule has 1 heterocycles. The summed E-state index contributed by atoms with van der Waals surface area (Å²) in [5.74, 6) is -6.82. The van der Waals surface area contributed by atoms with Crippen LogP contribution < -0.4 is 15.0 Å². The average Bonchev–Trinajstić information content (AvgIpc) is 2.82. The van der Waals surface area contributed by atoms with Crippen molar-refractivity contribution in [1.82, 2.24) is 0 Å². The Hall–Kier alpha value is -3.62. The van der Waals surface area contributed by atoms with Crippen molar-refractivity contribution < 1.29 is 49.9 Å². The van der Waals surface area contributed by atoms with E-state index < -0.39 is 58.6 Å². The zero-order chi connectivity index (χ0) is 26.7. The number of nitro benzene ring substituents is 1. The minimum absolute atomic E-state index is 0.232. The van der Waals surface area contributed by atoms with E-state index >= 15 is 0 Å². The molecule has 0 saturated carbocycles. The smallest absolute Gasteiger partial charge is 0.420 e. The van der Waals surface area contributed by atoms with Gasteiger partial charge in [0, 0.05) is 30.4 Å². The normalized spacial score (nSPS) is 14.6.